The third kappa shape index (κ3) is 1.35. The summed E-state index contributed by atoms with van der Waals surface area (Å²) in [7, 11) is 0. The summed E-state index contributed by atoms with van der Waals surface area (Å²) in [6, 6.07) is 4.37. The Morgan fingerprint density at radius 2 is 1.65 bits per heavy atom. The van der Waals surface area contributed by atoms with E-state index in [1.165, 1.54) is 36.8 Å². The van der Waals surface area contributed by atoms with Crippen LogP contribution in [0.5, 0.6) is 0 Å². The van der Waals surface area contributed by atoms with E-state index in [0.717, 1.165) is 14.8 Å². The van der Waals surface area contributed by atoms with E-state index in [4.69, 9.17) is 0 Å². The van der Waals surface area contributed by atoms with Crippen molar-refractivity contribution < 1.29 is 0 Å². The maximum atomic E-state index is 4.45. The average molecular weight is 341 g/mol. The molecule has 17 heavy (non-hydrogen) atoms. The van der Waals surface area contributed by atoms with Crippen LogP contribution in [0, 0.1) is 6.92 Å². The van der Waals surface area contributed by atoms with E-state index in [-0.39, 0.29) is 0 Å². The first-order valence-electron chi connectivity index (χ1n) is 4.97. The van der Waals surface area contributed by atoms with Crippen molar-refractivity contribution >= 4 is 81.5 Å². The fourth-order valence-corrected chi connectivity index (χ4v) is 5.45. The van der Waals surface area contributed by atoms with Gasteiger partial charge in [-0.05, 0) is 35.0 Å². The van der Waals surface area contributed by atoms with Crippen molar-refractivity contribution in [2.24, 2.45) is 0 Å². The zero-order valence-corrected chi connectivity index (χ0v) is 12.7. The van der Waals surface area contributed by atoms with E-state index in [9.17, 15) is 0 Å². The van der Waals surface area contributed by atoms with Crippen molar-refractivity contribution in [3.63, 3.8) is 0 Å². The van der Waals surface area contributed by atoms with E-state index in [0.29, 0.717) is 0 Å². The first-order valence-corrected chi connectivity index (χ1v) is 8.13. The Balaban J connectivity index is 2.46. The molecular weight excluding hydrogens is 336 g/mol. The van der Waals surface area contributed by atoms with Gasteiger partial charge in [0.05, 0.1) is 24.9 Å². The van der Waals surface area contributed by atoms with Crippen LogP contribution < -0.4 is 0 Å². The number of benzene rings is 1. The Labute approximate surface area is 117 Å². The minimum Gasteiger partial charge on any atom is -0.172 e. The molecule has 0 aliphatic carbocycles. The minimum absolute atomic E-state index is 1.04. The van der Waals surface area contributed by atoms with Crippen molar-refractivity contribution in [1.29, 1.82) is 0 Å². The van der Waals surface area contributed by atoms with Gasteiger partial charge in [-0.25, -0.2) is 0 Å². The topological polar surface area (TPSA) is 25.8 Å². The van der Waals surface area contributed by atoms with Gasteiger partial charge in [0.25, 0.3) is 0 Å². The second-order valence-electron chi connectivity index (χ2n) is 3.85. The lowest BCUT2D eigenvalue weighted by molar-refractivity contribution is 1.65. The van der Waals surface area contributed by atoms with E-state index >= 15 is 0 Å². The number of aryl methyl sites for hydroxylation is 1. The molecule has 0 aliphatic heterocycles. The standard InChI is InChI=1S/C11H5BrN2S3/c1-4-2-5-8-9(14-17-13-8)6-3-7(12)16-11(6)10(5)15-4/h2-3H,1H3. The summed E-state index contributed by atoms with van der Waals surface area (Å²) in [5, 5.41) is 2.47. The number of fused-ring (bicyclic) bond motifs is 6. The summed E-state index contributed by atoms with van der Waals surface area (Å²) in [5.74, 6) is 0. The molecule has 0 unspecified atom stereocenters. The summed E-state index contributed by atoms with van der Waals surface area (Å²) in [4.78, 5) is 1.33. The van der Waals surface area contributed by atoms with Crippen LogP contribution in [0.15, 0.2) is 15.9 Å². The molecule has 4 rings (SSSR count). The third-order valence-electron chi connectivity index (χ3n) is 2.76. The molecule has 0 atom stereocenters. The highest BCUT2D eigenvalue weighted by atomic mass is 79.9. The number of nitrogens with zero attached hydrogens (tertiary/aromatic N) is 2. The molecule has 2 nitrogen and oxygen atoms in total. The molecular formula is C11H5BrN2S3. The van der Waals surface area contributed by atoms with Crippen molar-refractivity contribution in [2.45, 2.75) is 6.92 Å². The van der Waals surface area contributed by atoms with Gasteiger partial charge in [-0.1, -0.05) is 0 Å². The fourth-order valence-electron chi connectivity index (χ4n) is 2.11. The van der Waals surface area contributed by atoms with Crippen LogP contribution in [0.25, 0.3) is 31.2 Å². The van der Waals surface area contributed by atoms with Crippen LogP contribution in [0.2, 0.25) is 0 Å². The second-order valence-corrected chi connectivity index (χ2v) is 8.07. The van der Waals surface area contributed by atoms with Gasteiger partial charge >= 0.3 is 0 Å². The van der Waals surface area contributed by atoms with Crippen LogP contribution in [-0.4, -0.2) is 8.75 Å². The molecule has 4 aromatic rings. The predicted octanol–water partition coefficient (Wildman–Crippen LogP) is 5.19. The number of hydrogen-bond donors (Lipinski definition) is 0. The largest absolute Gasteiger partial charge is 0.172 e. The van der Waals surface area contributed by atoms with Crippen LogP contribution in [-0.2, 0) is 0 Å². The Morgan fingerprint density at radius 3 is 2.41 bits per heavy atom. The number of aromatic nitrogens is 2. The molecule has 0 fully saturated rings. The van der Waals surface area contributed by atoms with Gasteiger partial charge in [0.15, 0.2) is 0 Å². The highest BCUT2D eigenvalue weighted by Gasteiger charge is 2.16. The molecule has 0 spiro atoms. The van der Waals surface area contributed by atoms with Gasteiger partial charge in [0, 0.05) is 15.6 Å². The summed E-state index contributed by atoms with van der Waals surface area (Å²) < 4.78 is 12.7. The molecule has 0 saturated carbocycles. The molecule has 0 radical (unpaired) electrons. The maximum absolute atomic E-state index is 4.45. The van der Waals surface area contributed by atoms with Gasteiger partial charge in [-0.2, -0.15) is 8.75 Å². The summed E-state index contributed by atoms with van der Waals surface area (Å²) in [6.45, 7) is 2.14. The molecule has 84 valence electrons. The van der Waals surface area contributed by atoms with Gasteiger partial charge in [0.1, 0.15) is 11.0 Å². The van der Waals surface area contributed by atoms with Gasteiger partial charge in [-0.3, -0.25) is 0 Å². The molecule has 3 heterocycles. The van der Waals surface area contributed by atoms with Gasteiger partial charge in [0.2, 0.25) is 0 Å². The van der Waals surface area contributed by atoms with Crippen LogP contribution in [0.4, 0.5) is 0 Å². The third-order valence-corrected chi connectivity index (χ3v) is 6.14. The number of halogens is 1. The van der Waals surface area contributed by atoms with E-state index in [2.05, 4.69) is 43.7 Å². The Kier molecular flexibility index (Phi) is 2.12. The van der Waals surface area contributed by atoms with Gasteiger partial charge in [-0.15, -0.1) is 22.7 Å². The average Bonchev–Trinajstić information content (AvgIpc) is 2.91. The molecule has 0 saturated heterocycles. The van der Waals surface area contributed by atoms with Crippen LogP contribution in [0.3, 0.4) is 0 Å². The van der Waals surface area contributed by atoms with E-state index in [1.54, 1.807) is 11.3 Å². The van der Waals surface area contributed by atoms with Crippen molar-refractivity contribution in [3.8, 4) is 0 Å². The molecule has 6 heteroatoms. The molecule has 1 aromatic carbocycles. The zero-order valence-electron chi connectivity index (χ0n) is 8.65. The predicted molar refractivity (Wildman–Crippen MR) is 80.6 cm³/mol. The van der Waals surface area contributed by atoms with Crippen LogP contribution in [0.1, 0.15) is 4.88 Å². The first-order chi connectivity index (χ1) is 8.24. The SMILES string of the molecule is Cc1cc2c3nsnc3c3cc(Br)sc3c2s1. The van der Waals surface area contributed by atoms with E-state index in [1.807, 2.05) is 11.3 Å². The number of hydrogen-bond acceptors (Lipinski definition) is 5. The fraction of sp³-hybridized carbons (Fsp3) is 0.0909. The summed E-state index contributed by atoms with van der Waals surface area (Å²) >= 11 is 8.48. The quantitative estimate of drug-likeness (QED) is 0.440. The highest BCUT2D eigenvalue weighted by molar-refractivity contribution is 9.11. The van der Waals surface area contributed by atoms with Gasteiger partial charge < -0.3 is 0 Å². The molecule has 0 amide bonds. The molecule has 3 aromatic heterocycles. The Morgan fingerprint density at radius 1 is 1.00 bits per heavy atom. The van der Waals surface area contributed by atoms with Crippen molar-refractivity contribution in [2.75, 3.05) is 0 Å². The maximum Gasteiger partial charge on any atom is 0.114 e. The second kappa shape index (κ2) is 3.47. The lowest BCUT2D eigenvalue weighted by atomic mass is 10.1. The Bertz CT molecular complexity index is 800. The van der Waals surface area contributed by atoms with E-state index < -0.39 is 0 Å². The summed E-state index contributed by atoms with van der Waals surface area (Å²) in [5.41, 5.74) is 2.09. The van der Waals surface area contributed by atoms with Crippen molar-refractivity contribution in [3.05, 3.63) is 20.8 Å². The molecule has 0 bridgehead atoms. The smallest absolute Gasteiger partial charge is 0.114 e. The number of rotatable bonds is 0. The van der Waals surface area contributed by atoms with Crippen LogP contribution >= 0.6 is 50.3 Å². The molecule has 0 N–H and O–H groups in total. The minimum atomic E-state index is 1.04. The molecule has 0 aliphatic rings. The normalized spacial score (nSPS) is 12.1. The lowest BCUT2D eigenvalue weighted by Gasteiger charge is -1.93. The Hall–Kier alpha value is -0.560. The monoisotopic (exact) mass is 340 g/mol. The van der Waals surface area contributed by atoms with Crippen molar-refractivity contribution in [1.82, 2.24) is 8.75 Å². The highest BCUT2D eigenvalue weighted by Crippen LogP contribution is 2.43. The zero-order chi connectivity index (χ0) is 11.6. The lowest BCUT2D eigenvalue weighted by Crippen LogP contribution is -1.72. The first kappa shape index (κ1) is 10.4. The summed E-state index contributed by atoms with van der Waals surface area (Å²) in [6.07, 6.45) is 0. The number of thiophene rings is 2.